The summed E-state index contributed by atoms with van der Waals surface area (Å²) >= 11 is 0. The van der Waals surface area contributed by atoms with Crippen molar-refractivity contribution in [3.63, 3.8) is 0 Å². The molecule has 0 aliphatic heterocycles. The Morgan fingerprint density at radius 3 is 2.40 bits per heavy atom. The lowest BCUT2D eigenvalue weighted by Crippen LogP contribution is -2.25. The third kappa shape index (κ3) is 2.55. The predicted molar refractivity (Wildman–Crippen MR) is 92.3 cm³/mol. The number of carbonyl (C=O) groups is 1. The summed E-state index contributed by atoms with van der Waals surface area (Å²) in [5, 5.41) is 11.5. The number of benzene rings is 2. The molecule has 25 heavy (non-hydrogen) atoms. The lowest BCUT2D eigenvalue weighted by atomic mass is 10.0. The van der Waals surface area contributed by atoms with Crippen LogP contribution in [0.15, 0.2) is 53.3 Å². The Bertz CT molecular complexity index is 1050. The molecule has 7 heteroatoms. The summed E-state index contributed by atoms with van der Waals surface area (Å²) in [6, 6.07) is 12.8. The number of methoxy groups -OCH3 is 1. The molecule has 0 atom stereocenters. The second-order valence-corrected chi connectivity index (χ2v) is 5.38. The summed E-state index contributed by atoms with van der Waals surface area (Å²) in [7, 11) is 1.23. The van der Waals surface area contributed by atoms with E-state index in [2.05, 4.69) is 0 Å². The van der Waals surface area contributed by atoms with Crippen LogP contribution in [0.3, 0.4) is 0 Å². The Hall–Kier alpha value is -3.48. The molecule has 126 valence electrons. The average Bonchev–Trinajstić information content (AvgIpc) is 2.61. The summed E-state index contributed by atoms with van der Waals surface area (Å²) in [6.45, 7) is 1.61. The van der Waals surface area contributed by atoms with Gasteiger partial charge in [-0.1, -0.05) is 30.3 Å². The summed E-state index contributed by atoms with van der Waals surface area (Å²) in [5.41, 5.74) is 0.0897. The molecule has 0 radical (unpaired) electrons. The van der Waals surface area contributed by atoms with Gasteiger partial charge in [-0.25, -0.2) is 4.79 Å². The van der Waals surface area contributed by atoms with Gasteiger partial charge in [0.1, 0.15) is 5.39 Å². The number of hydrogen-bond acceptors (Lipinski definition) is 5. The minimum absolute atomic E-state index is 0.123. The number of fused-ring (bicyclic) bond motifs is 1. The van der Waals surface area contributed by atoms with Crippen molar-refractivity contribution in [2.24, 2.45) is 0 Å². The number of aromatic nitrogens is 1. The van der Waals surface area contributed by atoms with E-state index in [1.165, 1.54) is 29.9 Å². The van der Waals surface area contributed by atoms with E-state index in [4.69, 9.17) is 4.74 Å². The molecule has 7 nitrogen and oxygen atoms in total. The first-order valence-corrected chi connectivity index (χ1v) is 7.43. The Balaban J connectivity index is 2.58. The molecular weight excluding hydrogens is 324 g/mol. The van der Waals surface area contributed by atoms with E-state index in [9.17, 15) is 19.7 Å². The molecule has 0 bridgehead atoms. The zero-order valence-corrected chi connectivity index (χ0v) is 13.6. The van der Waals surface area contributed by atoms with Crippen molar-refractivity contribution < 1.29 is 14.5 Å². The van der Waals surface area contributed by atoms with Gasteiger partial charge in [0.15, 0.2) is 0 Å². The molecule has 0 spiro atoms. The van der Waals surface area contributed by atoms with E-state index in [1.54, 1.807) is 37.3 Å². The predicted octanol–water partition coefficient (Wildman–Crippen LogP) is 2.99. The van der Waals surface area contributed by atoms with E-state index < -0.39 is 16.5 Å². The number of pyridine rings is 1. The maximum atomic E-state index is 13.0. The number of ether oxygens (including phenoxy) is 1. The second kappa shape index (κ2) is 6.20. The topological polar surface area (TPSA) is 91.4 Å². The third-order valence-electron chi connectivity index (χ3n) is 4.03. The molecule has 3 aromatic rings. The number of nitrogens with zero attached hydrogens (tertiary/aromatic N) is 2. The van der Waals surface area contributed by atoms with Crippen LogP contribution >= 0.6 is 0 Å². The number of hydrogen-bond donors (Lipinski definition) is 0. The quantitative estimate of drug-likeness (QED) is 0.416. The number of rotatable bonds is 3. The van der Waals surface area contributed by atoms with Crippen molar-refractivity contribution in [1.82, 2.24) is 4.57 Å². The fourth-order valence-corrected chi connectivity index (χ4v) is 2.94. The van der Waals surface area contributed by atoms with Crippen molar-refractivity contribution in [1.29, 1.82) is 0 Å². The lowest BCUT2D eigenvalue weighted by molar-refractivity contribution is -0.383. The summed E-state index contributed by atoms with van der Waals surface area (Å²) in [6.07, 6.45) is 0. The lowest BCUT2D eigenvalue weighted by Gasteiger charge is -2.16. The zero-order chi connectivity index (χ0) is 18.1. The van der Waals surface area contributed by atoms with Gasteiger partial charge in [-0.05, 0) is 19.1 Å². The molecule has 0 fully saturated rings. The van der Waals surface area contributed by atoms with Gasteiger partial charge in [-0.3, -0.25) is 19.5 Å². The van der Waals surface area contributed by atoms with Gasteiger partial charge in [-0.15, -0.1) is 0 Å². The van der Waals surface area contributed by atoms with E-state index >= 15 is 0 Å². The highest BCUT2D eigenvalue weighted by atomic mass is 16.6. The second-order valence-electron chi connectivity index (χ2n) is 5.38. The van der Waals surface area contributed by atoms with E-state index in [0.717, 1.165) is 0 Å². The number of non-ortho nitro benzene ring substituents is 1. The maximum absolute atomic E-state index is 13.0. The fraction of sp³-hybridized carbons (Fsp3) is 0.111. The molecule has 0 saturated heterocycles. The van der Waals surface area contributed by atoms with Crippen LogP contribution < -0.4 is 5.56 Å². The molecule has 3 rings (SSSR count). The minimum Gasteiger partial charge on any atom is -0.465 e. The van der Waals surface area contributed by atoms with Crippen molar-refractivity contribution >= 4 is 22.4 Å². The highest BCUT2D eigenvalue weighted by Gasteiger charge is 2.25. The number of carbonyl (C=O) groups excluding carboxylic acids is 1. The first-order chi connectivity index (χ1) is 12.0. The molecule has 0 aliphatic carbocycles. The van der Waals surface area contributed by atoms with Crippen LogP contribution in [0.1, 0.15) is 16.1 Å². The first kappa shape index (κ1) is 16.4. The number of nitro groups is 1. The highest BCUT2D eigenvalue weighted by molar-refractivity contribution is 6.07. The van der Waals surface area contributed by atoms with Crippen LogP contribution in [-0.4, -0.2) is 22.6 Å². The molecule has 0 aliphatic rings. The SMILES string of the molecule is COC(=O)c1c(C)n(-c2ccccc2)c(=O)c2c([N+](=O)[O-])cccc12. The Morgan fingerprint density at radius 2 is 1.80 bits per heavy atom. The first-order valence-electron chi connectivity index (χ1n) is 7.43. The van der Waals surface area contributed by atoms with Gasteiger partial charge in [0.05, 0.1) is 17.6 Å². The van der Waals surface area contributed by atoms with Crippen LogP contribution in [0.2, 0.25) is 0 Å². The fourth-order valence-electron chi connectivity index (χ4n) is 2.94. The maximum Gasteiger partial charge on any atom is 0.340 e. The van der Waals surface area contributed by atoms with Crippen LogP contribution in [0.25, 0.3) is 16.5 Å². The molecule has 1 heterocycles. The zero-order valence-electron chi connectivity index (χ0n) is 13.6. The van der Waals surface area contributed by atoms with Crippen molar-refractivity contribution in [2.75, 3.05) is 7.11 Å². The molecular formula is C18H14N2O5. The van der Waals surface area contributed by atoms with Gasteiger partial charge in [0.2, 0.25) is 0 Å². The van der Waals surface area contributed by atoms with Gasteiger partial charge >= 0.3 is 5.97 Å². The van der Waals surface area contributed by atoms with Crippen LogP contribution in [0, 0.1) is 17.0 Å². The number of esters is 1. The minimum atomic E-state index is -0.660. The van der Waals surface area contributed by atoms with E-state index in [-0.39, 0.29) is 22.0 Å². The largest absolute Gasteiger partial charge is 0.465 e. The van der Waals surface area contributed by atoms with Crippen LogP contribution in [0.4, 0.5) is 5.69 Å². The standard InChI is InChI=1S/C18H14N2O5/c1-11-15(18(22)25-2)13-9-6-10-14(20(23)24)16(13)17(21)19(11)12-7-4-3-5-8-12/h3-10H,1-2H3. The molecule has 0 saturated carbocycles. The van der Waals surface area contributed by atoms with Gasteiger partial charge in [0, 0.05) is 22.8 Å². The third-order valence-corrected chi connectivity index (χ3v) is 4.03. The summed E-state index contributed by atoms with van der Waals surface area (Å²) < 4.78 is 6.13. The summed E-state index contributed by atoms with van der Waals surface area (Å²) in [4.78, 5) is 36.1. The van der Waals surface area contributed by atoms with Crippen molar-refractivity contribution in [2.45, 2.75) is 6.92 Å². The van der Waals surface area contributed by atoms with Crippen LogP contribution in [-0.2, 0) is 4.74 Å². The number of nitro benzene ring substituents is 1. The van der Waals surface area contributed by atoms with Gasteiger partial charge < -0.3 is 4.74 Å². The molecule has 0 unspecified atom stereocenters. The smallest absolute Gasteiger partial charge is 0.340 e. The van der Waals surface area contributed by atoms with E-state index in [0.29, 0.717) is 11.4 Å². The normalized spacial score (nSPS) is 10.6. The molecule has 1 aromatic heterocycles. The molecule has 0 N–H and O–H groups in total. The Labute approximate surface area is 142 Å². The Kier molecular flexibility index (Phi) is 4.06. The highest BCUT2D eigenvalue weighted by Crippen LogP contribution is 2.28. The summed E-state index contributed by atoms with van der Waals surface area (Å²) in [5.74, 6) is -0.660. The van der Waals surface area contributed by atoms with Crippen molar-refractivity contribution in [3.8, 4) is 5.69 Å². The monoisotopic (exact) mass is 338 g/mol. The Morgan fingerprint density at radius 1 is 1.12 bits per heavy atom. The van der Waals surface area contributed by atoms with Gasteiger partial charge in [-0.2, -0.15) is 0 Å². The van der Waals surface area contributed by atoms with Crippen molar-refractivity contribution in [3.05, 3.63) is 80.3 Å². The van der Waals surface area contributed by atoms with Gasteiger partial charge in [0.25, 0.3) is 11.2 Å². The average molecular weight is 338 g/mol. The van der Waals surface area contributed by atoms with Crippen LogP contribution in [0.5, 0.6) is 0 Å². The molecule has 2 aromatic carbocycles. The number of para-hydroxylation sites is 1. The molecule has 0 amide bonds. The van der Waals surface area contributed by atoms with E-state index in [1.807, 2.05) is 0 Å².